The Morgan fingerprint density at radius 1 is 1.17 bits per heavy atom. The minimum absolute atomic E-state index is 0.00914. The summed E-state index contributed by atoms with van der Waals surface area (Å²) in [5, 5.41) is 16.7. The van der Waals surface area contributed by atoms with Crippen molar-refractivity contribution in [2.24, 2.45) is 7.05 Å². The Morgan fingerprint density at radius 2 is 2.06 bits per heavy atom. The Balaban J connectivity index is 1.22. The van der Waals surface area contributed by atoms with E-state index in [-0.39, 0.29) is 11.9 Å². The van der Waals surface area contributed by atoms with Crippen molar-refractivity contribution in [1.29, 1.82) is 0 Å². The highest BCUT2D eigenvalue weighted by atomic mass is 32.1. The van der Waals surface area contributed by atoms with E-state index in [2.05, 4.69) is 31.8 Å². The summed E-state index contributed by atoms with van der Waals surface area (Å²) in [6.07, 6.45) is 3.66. The molecule has 1 aliphatic rings. The number of amides is 1. The van der Waals surface area contributed by atoms with E-state index in [1.807, 2.05) is 61.1 Å². The minimum Gasteiger partial charge on any atom is -0.354 e. The van der Waals surface area contributed by atoms with Crippen molar-refractivity contribution in [3.05, 3.63) is 65.3 Å². The van der Waals surface area contributed by atoms with Crippen molar-refractivity contribution in [3.8, 4) is 0 Å². The quantitative estimate of drug-likeness (QED) is 0.388. The number of benzene rings is 1. The Kier molecular flexibility index (Phi) is 5.37. The molecule has 0 bridgehead atoms. The van der Waals surface area contributed by atoms with Crippen LogP contribution in [-0.2, 0) is 7.05 Å². The van der Waals surface area contributed by atoms with Gasteiger partial charge in [0.15, 0.2) is 11.5 Å². The maximum Gasteiger partial charge on any atom is 0.261 e. The fourth-order valence-corrected chi connectivity index (χ4v) is 5.52. The predicted molar refractivity (Wildman–Crippen MR) is 139 cm³/mol. The van der Waals surface area contributed by atoms with Crippen molar-refractivity contribution in [2.45, 2.75) is 25.8 Å². The summed E-state index contributed by atoms with van der Waals surface area (Å²) in [4.78, 5) is 20.8. The number of aromatic nitrogens is 5. The number of nitrogens with one attached hydrogen (secondary N) is 2. The number of thiophene rings is 1. The van der Waals surface area contributed by atoms with Crippen molar-refractivity contribution in [2.75, 3.05) is 23.3 Å². The van der Waals surface area contributed by atoms with E-state index in [0.717, 1.165) is 63.1 Å². The maximum absolute atomic E-state index is 13.0. The lowest BCUT2D eigenvalue weighted by atomic mass is 10.1. The molecule has 1 atom stereocenters. The average Bonchev–Trinajstić information content (AvgIpc) is 3.58. The van der Waals surface area contributed by atoms with Crippen LogP contribution in [0.3, 0.4) is 0 Å². The van der Waals surface area contributed by atoms with E-state index < -0.39 is 0 Å². The maximum atomic E-state index is 13.0. The van der Waals surface area contributed by atoms with Crippen LogP contribution in [0.1, 0.15) is 28.2 Å². The van der Waals surface area contributed by atoms with Gasteiger partial charge in [-0.05, 0) is 37.3 Å². The van der Waals surface area contributed by atoms with E-state index in [1.54, 1.807) is 10.7 Å². The van der Waals surface area contributed by atoms with Crippen LogP contribution in [0.15, 0.2) is 54.7 Å². The highest BCUT2D eigenvalue weighted by molar-refractivity contribution is 7.20. The first kappa shape index (κ1) is 21.6. The molecule has 0 unspecified atom stereocenters. The van der Waals surface area contributed by atoms with E-state index in [1.165, 1.54) is 11.3 Å². The van der Waals surface area contributed by atoms with Crippen LogP contribution in [0.5, 0.6) is 0 Å². The molecule has 35 heavy (non-hydrogen) atoms. The number of rotatable bonds is 5. The highest BCUT2D eigenvalue weighted by Gasteiger charge is 2.24. The Morgan fingerprint density at radius 3 is 2.89 bits per heavy atom. The number of aryl methyl sites for hydroxylation is 2. The number of hydrogen-bond donors (Lipinski definition) is 2. The van der Waals surface area contributed by atoms with E-state index in [4.69, 9.17) is 4.98 Å². The molecule has 10 heteroatoms. The van der Waals surface area contributed by atoms with Gasteiger partial charge in [-0.1, -0.05) is 18.2 Å². The van der Waals surface area contributed by atoms with Gasteiger partial charge in [0.1, 0.15) is 11.6 Å². The van der Waals surface area contributed by atoms with Crippen LogP contribution in [0.25, 0.3) is 15.7 Å². The molecule has 0 aliphatic carbocycles. The highest BCUT2D eigenvalue weighted by Crippen LogP contribution is 2.27. The van der Waals surface area contributed by atoms with Gasteiger partial charge in [-0.15, -0.1) is 11.3 Å². The summed E-state index contributed by atoms with van der Waals surface area (Å²) < 4.78 is 4.74. The van der Waals surface area contributed by atoms with Gasteiger partial charge >= 0.3 is 0 Å². The smallest absolute Gasteiger partial charge is 0.261 e. The molecule has 2 N–H and O–H groups in total. The second kappa shape index (κ2) is 8.70. The molecule has 0 spiro atoms. The van der Waals surface area contributed by atoms with Crippen LogP contribution < -0.4 is 15.5 Å². The molecule has 0 radical (unpaired) electrons. The number of carbonyl (C=O) groups is 1. The van der Waals surface area contributed by atoms with Crippen LogP contribution in [0.4, 0.5) is 17.5 Å². The Labute approximate surface area is 206 Å². The van der Waals surface area contributed by atoms with Gasteiger partial charge in [-0.2, -0.15) is 14.7 Å². The third-order valence-corrected chi connectivity index (χ3v) is 7.56. The molecule has 5 heterocycles. The van der Waals surface area contributed by atoms with Gasteiger partial charge < -0.3 is 15.5 Å². The second-order valence-corrected chi connectivity index (χ2v) is 10.0. The van der Waals surface area contributed by atoms with E-state index in [9.17, 15) is 4.79 Å². The molecule has 1 aromatic carbocycles. The number of fused-ring (bicyclic) bond motifs is 2. The molecule has 4 aromatic heterocycles. The van der Waals surface area contributed by atoms with Crippen LogP contribution >= 0.6 is 11.3 Å². The summed E-state index contributed by atoms with van der Waals surface area (Å²) in [5.41, 5.74) is 1.82. The Bertz CT molecular complexity index is 1480. The molecule has 178 valence electrons. The summed E-state index contributed by atoms with van der Waals surface area (Å²) in [6.45, 7) is 3.60. The molecule has 1 aliphatic heterocycles. The predicted octanol–water partition coefficient (Wildman–Crippen LogP) is 4.13. The van der Waals surface area contributed by atoms with E-state index in [0.29, 0.717) is 6.54 Å². The van der Waals surface area contributed by atoms with Crippen molar-refractivity contribution < 1.29 is 4.79 Å². The zero-order valence-electron chi connectivity index (χ0n) is 19.6. The van der Waals surface area contributed by atoms with Gasteiger partial charge in [-0.25, -0.2) is 4.98 Å². The molecular weight excluding hydrogens is 460 g/mol. The first-order chi connectivity index (χ1) is 17.0. The zero-order chi connectivity index (χ0) is 23.9. The number of nitrogens with zero attached hydrogens (tertiary/aromatic N) is 6. The number of carbonyl (C=O) groups excluding carboxylic acids is 1. The molecular formula is C25H26N8OS. The standard InChI is InChI=1S/C25H26N8OS/c1-16-12-21(30-31(16)2)28-24-14-23(29-22-9-10-26-33(22)24)32-11-5-7-18(15-32)27-25(34)20-13-17-6-3-4-8-19(17)35-20/h3-4,6,8-10,12-14,18H,5,7,11,15H2,1-2H3,(H,27,34)(H,28,30)/t18-/m0/s1. The fraction of sp³-hybridized carbons (Fsp3) is 0.280. The number of hydrogen-bond acceptors (Lipinski definition) is 7. The second-order valence-electron chi connectivity index (χ2n) is 8.93. The summed E-state index contributed by atoms with van der Waals surface area (Å²) in [7, 11) is 1.92. The van der Waals surface area contributed by atoms with Gasteiger partial charge in [0.05, 0.1) is 11.1 Å². The first-order valence-corrected chi connectivity index (χ1v) is 12.5. The third kappa shape index (κ3) is 4.21. The van der Waals surface area contributed by atoms with E-state index >= 15 is 0 Å². The molecule has 6 rings (SSSR count). The van der Waals surface area contributed by atoms with Crippen LogP contribution in [0, 0.1) is 6.92 Å². The zero-order valence-corrected chi connectivity index (χ0v) is 20.4. The third-order valence-electron chi connectivity index (χ3n) is 6.45. The number of anilines is 3. The molecule has 1 saturated heterocycles. The van der Waals surface area contributed by atoms with Crippen molar-refractivity contribution in [1.82, 2.24) is 29.7 Å². The van der Waals surface area contributed by atoms with Crippen LogP contribution in [-0.4, -0.2) is 49.4 Å². The topological polar surface area (TPSA) is 92.4 Å². The molecule has 1 fully saturated rings. The lowest BCUT2D eigenvalue weighted by Gasteiger charge is -2.34. The molecule has 5 aromatic rings. The molecule has 1 amide bonds. The van der Waals surface area contributed by atoms with Gasteiger partial charge in [0.2, 0.25) is 0 Å². The lowest BCUT2D eigenvalue weighted by molar-refractivity contribution is 0.0937. The van der Waals surface area contributed by atoms with Gasteiger partial charge in [-0.3, -0.25) is 9.48 Å². The van der Waals surface area contributed by atoms with Crippen molar-refractivity contribution >= 4 is 50.4 Å². The van der Waals surface area contributed by atoms with Gasteiger partial charge in [0, 0.05) is 54.8 Å². The molecule has 0 saturated carbocycles. The van der Waals surface area contributed by atoms with Crippen LogP contribution in [0.2, 0.25) is 0 Å². The number of piperidine rings is 1. The monoisotopic (exact) mass is 486 g/mol. The Hall–Kier alpha value is -3.92. The summed E-state index contributed by atoms with van der Waals surface area (Å²) >= 11 is 1.54. The SMILES string of the molecule is Cc1cc(Nc2cc(N3CCC[C@H](NC(=O)c4cc5ccccc5s4)C3)nc3ccnn23)nn1C. The van der Waals surface area contributed by atoms with Gasteiger partial charge in [0.25, 0.3) is 5.91 Å². The minimum atomic E-state index is -0.00914. The fourth-order valence-electron chi connectivity index (χ4n) is 4.56. The average molecular weight is 487 g/mol. The molecule has 9 nitrogen and oxygen atoms in total. The first-order valence-electron chi connectivity index (χ1n) is 11.7. The normalized spacial score (nSPS) is 16.2. The largest absolute Gasteiger partial charge is 0.354 e. The summed E-state index contributed by atoms with van der Waals surface area (Å²) in [5.74, 6) is 2.40. The van der Waals surface area contributed by atoms with Crippen molar-refractivity contribution in [3.63, 3.8) is 0 Å². The lowest BCUT2D eigenvalue weighted by Crippen LogP contribution is -2.48. The summed E-state index contributed by atoms with van der Waals surface area (Å²) in [6, 6.07) is 16.0.